The Kier molecular flexibility index (Phi) is 6.00. The van der Waals surface area contributed by atoms with Gasteiger partial charge in [0.15, 0.2) is 0 Å². The number of nitrogens with one attached hydrogen (secondary N) is 2. The van der Waals surface area contributed by atoms with Crippen molar-refractivity contribution < 1.29 is 17.9 Å². The highest BCUT2D eigenvalue weighted by atomic mass is 32.2. The van der Waals surface area contributed by atoms with Crippen LogP contribution in [0.2, 0.25) is 0 Å². The summed E-state index contributed by atoms with van der Waals surface area (Å²) in [7, 11) is -0.0236. The summed E-state index contributed by atoms with van der Waals surface area (Å²) in [5.74, 6) is 1.44. The van der Waals surface area contributed by atoms with E-state index in [1.54, 1.807) is 20.3 Å². The van der Waals surface area contributed by atoms with Crippen molar-refractivity contribution in [2.75, 3.05) is 27.0 Å². The maximum atomic E-state index is 11.3. The van der Waals surface area contributed by atoms with Gasteiger partial charge in [0.2, 0.25) is 10.0 Å². The molecule has 6 nitrogen and oxygen atoms in total. The van der Waals surface area contributed by atoms with Crippen molar-refractivity contribution in [1.29, 1.82) is 0 Å². The fraction of sp³-hybridized carbons (Fsp3) is 0.571. The van der Waals surface area contributed by atoms with E-state index in [4.69, 9.17) is 9.47 Å². The second-order valence-corrected chi connectivity index (χ2v) is 7.33. The van der Waals surface area contributed by atoms with Crippen LogP contribution in [0.25, 0.3) is 0 Å². The van der Waals surface area contributed by atoms with Crippen LogP contribution in [0, 0.1) is 0 Å². The van der Waals surface area contributed by atoms with Gasteiger partial charge in [0.1, 0.15) is 11.5 Å². The molecule has 2 N–H and O–H groups in total. The van der Waals surface area contributed by atoms with Crippen LogP contribution < -0.4 is 19.5 Å². The van der Waals surface area contributed by atoms with E-state index >= 15 is 0 Å². The van der Waals surface area contributed by atoms with Gasteiger partial charge in [0.25, 0.3) is 0 Å². The predicted octanol–water partition coefficient (Wildman–Crippen LogP) is 1.12. The van der Waals surface area contributed by atoms with E-state index in [1.165, 1.54) is 0 Å². The molecule has 0 heterocycles. The molecule has 0 aromatic heterocycles. The molecule has 120 valence electrons. The SMILES string of the molecule is COc1cc(CNCC(C)(C)NS(C)(=O)=O)cc(OC)c1. The molecule has 1 aromatic rings. The zero-order chi connectivity index (χ0) is 16.1. The minimum atomic E-state index is -3.23. The van der Waals surface area contributed by atoms with Crippen LogP contribution in [-0.4, -0.2) is 41.0 Å². The van der Waals surface area contributed by atoms with Gasteiger partial charge in [-0.1, -0.05) is 0 Å². The van der Waals surface area contributed by atoms with Gasteiger partial charge in [-0.15, -0.1) is 0 Å². The number of hydrogen-bond donors (Lipinski definition) is 2. The molecule has 0 unspecified atom stereocenters. The molecule has 0 atom stereocenters. The molecule has 0 aliphatic rings. The molecule has 1 aromatic carbocycles. The van der Waals surface area contributed by atoms with Gasteiger partial charge in [-0.25, -0.2) is 13.1 Å². The number of sulfonamides is 1. The Morgan fingerprint density at radius 3 is 2.05 bits per heavy atom. The van der Waals surface area contributed by atoms with Gasteiger partial charge in [0.05, 0.1) is 20.5 Å². The first-order valence-corrected chi connectivity index (χ1v) is 8.46. The van der Waals surface area contributed by atoms with Gasteiger partial charge < -0.3 is 14.8 Å². The summed E-state index contributed by atoms with van der Waals surface area (Å²) in [4.78, 5) is 0. The van der Waals surface area contributed by atoms with Crippen molar-refractivity contribution in [1.82, 2.24) is 10.0 Å². The fourth-order valence-corrected chi connectivity index (χ4v) is 3.10. The van der Waals surface area contributed by atoms with Gasteiger partial charge in [-0.3, -0.25) is 0 Å². The van der Waals surface area contributed by atoms with Crippen molar-refractivity contribution in [2.45, 2.75) is 25.9 Å². The summed E-state index contributed by atoms with van der Waals surface area (Å²) in [6.45, 7) is 4.74. The smallest absolute Gasteiger partial charge is 0.209 e. The highest BCUT2D eigenvalue weighted by Gasteiger charge is 2.21. The first-order valence-electron chi connectivity index (χ1n) is 6.57. The van der Waals surface area contributed by atoms with E-state index in [1.807, 2.05) is 26.0 Å². The number of hydrogen-bond acceptors (Lipinski definition) is 5. The van der Waals surface area contributed by atoms with Crippen molar-refractivity contribution in [3.8, 4) is 11.5 Å². The van der Waals surface area contributed by atoms with Crippen molar-refractivity contribution in [2.24, 2.45) is 0 Å². The zero-order valence-electron chi connectivity index (χ0n) is 13.2. The molecule has 21 heavy (non-hydrogen) atoms. The number of rotatable bonds is 8. The topological polar surface area (TPSA) is 76.7 Å². The minimum Gasteiger partial charge on any atom is -0.497 e. The second-order valence-electron chi connectivity index (χ2n) is 5.58. The molecule has 0 bridgehead atoms. The Morgan fingerprint density at radius 1 is 1.10 bits per heavy atom. The molecular formula is C14H24N2O4S. The lowest BCUT2D eigenvalue weighted by Crippen LogP contribution is -2.49. The molecule has 1 rings (SSSR count). The van der Waals surface area contributed by atoms with Crippen molar-refractivity contribution in [3.05, 3.63) is 23.8 Å². The Hall–Kier alpha value is -1.31. The number of ether oxygens (including phenoxy) is 2. The molecule has 0 aliphatic heterocycles. The monoisotopic (exact) mass is 316 g/mol. The maximum Gasteiger partial charge on any atom is 0.209 e. The van der Waals surface area contributed by atoms with Crippen LogP contribution in [0.15, 0.2) is 18.2 Å². The third-order valence-electron chi connectivity index (χ3n) is 2.77. The Morgan fingerprint density at radius 2 is 1.62 bits per heavy atom. The molecule has 0 spiro atoms. The standard InChI is InChI=1S/C14H24N2O4S/c1-14(2,16-21(5,17)18)10-15-9-11-6-12(19-3)8-13(7-11)20-4/h6-8,15-16H,9-10H2,1-5H3. The van der Waals surface area contributed by atoms with Crippen LogP contribution in [-0.2, 0) is 16.6 Å². The average Bonchev–Trinajstić information content (AvgIpc) is 2.35. The predicted molar refractivity (Wildman–Crippen MR) is 83.3 cm³/mol. The maximum absolute atomic E-state index is 11.3. The van der Waals surface area contributed by atoms with Gasteiger partial charge >= 0.3 is 0 Å². The van der Waals surface area contributed by atoms with E-state index in [9.17, 15) is 8.42 Å². The number of benzene rings is 1. The quantitative estimate of drug-likeness (QED) is 0.751. The van der Waals surface area contributed by atoms with E-state index in [-0.39, 0.29) is 0 Å². The highest BCUT2D eigenvalue weighted by molar-refractivity contribution is 7.88. The van der Waals surface area contributed by atoms with Crippen LogP contribution >= 0.6 is 0 Å². The summed E-state index contributed by atoms with van der Waals surface area (Å²) in [6, 6.07) is 5.62. The van der Waals surface area contributed by atoms with Crippen LogP contribution in [0.3, 0.4) is 0 Å². The number of methoxy groups -OCH3 is 2. The van der Waals surface area contributed by atoms with Crippen LogP contribution in [0.1, 0.15) is 19.4 Å². The summed E-state index contributed by atoms with van der Waals surface area (Å²) in [5, 5.41) is 3.23. The first-order chi connectivity index (χ1) is 9.65. The zero-order valence-corrected chi connectivity index (χ0v) is 14.0. The van der Waals surface area contributed by atoms with Crippen molar-refractivity contribution >= 4 is 10.0 Å². The minimum absolute atomic E-state index is 0.500. The average molecular weight is 316 g/mol. The molecule has 0 radical (unpaired) electrons. The normalized spacial score (nSPS) is 12.2. The molecule has 0 aliphatic carbocycles. The summed E-state index contributed by atoms with van der Waals surface area (Å²) in [5.41, 5.74) is 0.442. The van der Waals surface area contributed by atoms with E-state index in [2.05, 4.69) is 10.0 Å². The molecule has 7 heteroatoms. The lowest BCUT2D eigenvalue weighted by atomic mass is 10.1. The molecular weight excluding hydrogens is 292 g/mol. The Balaban J connectivity index is 2.63. The molecule has 0 saturated carbocycles. The third kappa shape index (κ3) is 6.79. The fourth-order valence-electron chi connectivity index (χ4n) is 2.03. The Labute approximate surface area is 126 Å². The second kappa shape index (κ2) is 7.11. The molecule has 0 fully saturated rings. The third-order valence-corrected chi connectivity index (χ3v) is 3.69. The molecule has 0 saturated heterocycles. The lowest BCUT2D eigenvalue weighted by Gasteiger charge is -2.25. The van der Waals surface area contributed by atoms with E-state index in [0.29, 0.717) is 13.1 Å². The Bertz CT molecular complexity index is 548. The lowest BCUT2D eigenvalue weighted by molar-refractivity contribution is 0.392. The van der Waals surface area contributed by atoms with E-state index < -0.39 is 15.6 Å². The van der Waals surface area contributed by atoms with E-state index in [0.717, 1.165) is 23.3 Å². The van der Waals surface area contributed by atoms with Crippen LogP contribution in [0.5, 0.6) is 11.5 Å². The largest absolute Gasteiger partial charge is 0.497 e. The summed E-state index contributed by atoms with van der Waals surface area (Å²) < 4.78 is 35.6. The van der Waals surface area contributed by atoms with Gasteiger partial charge in [-0.2, -0.15) is 0 Å². The van der Waals surface area contributed by atoms with Crippen molar-refractivity contribution in [3.63, 3.8) is 0 Å². The van der Waals surface area contributed by atoms with Crippen LogP contribution in [0.4, 0.5) is 0 Å². The first kappa shape index (κ1) is 17.7. The van der Waals surface area contributed by atoms with Gasteiger partial charge in [0, 0.05) is 24.7 Å². The summed E-state index contributed by atoms with van der Waals surface area (Å²) in [6.07, 6.45) is 1.15. The highest BCUT2D eigenvalue weighted by Crippen LogP contribution is 2.22. The summed E-state index contributed by atoms with van der Waals surface area (Å²) >= 11 is 0. The molecule has 0 amide bonds. The van der Waals surface area contributed by atoms with Gasteiger partial charge in [-0.05, 0) is 31.5 Å².